The summed E-state index contributed by atoms with van der Waals surface area (Å²) in [7, 11) is 0. The van der Waals surface area contributed by atoms with Gasteiger partial charge in [-0.2, -0.15) is 0 Å². The molecule has 3 aliphatic carbocycles. The minimum absolute atomic E-state index is 0.253. The molecule has 0 aromatic rings. The van der Waals surface area contributed by atoms with E-state index in [4.69, 9.17) is 5.73 Å². The van der Waals surface area contributed by atoms with Crippen molar-refractivity contribution in [3.05, 3.63) is 0 Å². The molecule has 0 unspecified atom stereocenters. The molecule has 0 atom stereocenters. The Morgan fingerprint density at radius 2 is 1.00 bits per heavy atom. The van der Waals surface area contributed by atoms with Gasteiger partial charge in [-0.05, 0) is 37.0 Å². The molecule has 3 aliphatic rings. The van der Waals surface area contributed by atoms with Crippen molar-refractivity contribution in [3.8, 4) is 0 Å². The third-order valence-electron chi connectivity index (χ3n) is 4.18. The normalized spacial score (nSPS) is 28.1. The van der Waals surface area contributed by atoms with Crippen LogP contribution >= 0.6 is 0 Å². The second-order valence-corrected chi connectivity index (χ2v) is 6.30. The van der Waals surface area contributed by atoms with Crippen LogP contribution in [0.1, 0.15) is 57.8 Å². The van der Waals surface area contributed by atoms with Gasteiger partial charge in [-0.15, -0.1) is 0 Å². The molecule has 14 heavy (non-hydrogen) atoms. The van der Waals surface area contributed by atoms with Crippen molar-refractivity contribution in [2.75, 3.05) is 0 Å². The first-order valence-electron chi connectivity index (χ1n) is 6.52. The second-order valence-electron chi connectivity index (χ2n) is 6.30. The van der Waals surface area contributed by atoms with E-state index in [1.807, 2.05) is 0 Å². The van der Waals surface area contributed by atoms with Crippen molar-refractivity contribution < 1.29 is 0 Å². The summed E-state index contributed by atoms with van der Waals surface area (Å²) in [5.74, 6) is 3.03. The van der Waals surface area contributed by atoms with Gasteiger partial charge < -0.3 is 5.73 Å². The zero-order valence-corrected chi connectivity index (χ0v) is 9.17. The van der Waals surface area contributed by atoms with Crippen LogP contribution < -0.4 is 5.73 Å². The van der Waals surface area contributed by atoms with Crippen LogP contribution in [0.3, 0.4) is 0 Å². The fraction of sp³-hybridized carbons (Fsp3) is 1.00. The van der Waals surface area contributed by atoms with E-state index in [0.717, 1.165) is 17.8 Å². The molecule has 0 heterocycles. The first-order chi connectivity index (χ1) is 6.73. The second kappa shape index (κ2) is 3.23. The summed E-state index contributed by atoms with van der Waals surface area (Å²) >= 11 is 0. The van der Waals surface area contributed by atoms with Gasteiger partial charge in [0.05, 0.1) is 0 Å². The number of hydrogen-bond donors (Lipinski definition) is 1. The fourth-order valence-electron chi connectivity index (χ4n) is 2.94. The summed E-state index contributed by atoms with van der Waals surface area (Å²) in [6.07, 6.45) is 12.8. The van der Waals surface area contributed by atoms with Crippen LogP contribution in [0.25, 0.3) is 0 Å². The molecule has 0 aromatic heterocycles. The third-order valence-corrected chi connectivity index (χ3v) is 4.18. The van der Waals surface area contributed by atoms with Gasteiger partial charge in [0.15, 0.2) is 0 Å². The lowest BCUT2D eigenvalue weighted by Crippen LogP contribution is -2.41. The zero-order chi connectivity index (χ0) is 9.60. The molecule has 2 N–H and O–H groups in total. The van der Waals surface area contributed by atoms with E-state index in [1.165, 1.54) is 57.8 Å². The molecular formula is C13H23N. The highest BCUT2D eigenvalue weighted by atomic mass is 14.8. The minimum atomic E-state index is 0.253. The largest absolute Gasteiger partial charge is 0.325 e. The fourth-order valence-corrected chi connectivity index (χ4v) is 2.94. The van der Waals surface area contributed by atoms with Gasteiger partial charge in [0.2, 0.25) is 0 Å². The maximum Gasteiger partial charge on any atom is 0.0162 e. The van der Waals surface area contributed by atoms with Crippen molar-refractivity contribution in [2.24, 2.45) is 23.5 Å². The van der Waals surface area contributed by atoms with Crippen molar-refractivity contribution >= 4 is 0 Å². The SMILES string of the molecule is NC(CC1CC1)(CC1CC1)CC1CC1. The maximum absolute atomic E-state index is 6.62. The Hall–Kier alpha value is -0.0400. The van der Waals surface area contributed by atoms with Gasteiger partial charge in [-0.1, -0.05) is 38.5 Å². The molecule has 0 aliphatic heterocycles. The summed E-state index contributed by atoms with van der Waals surface area (Å²) in [6.45, 7) is 0. The van der Waals surface area contributed by atoms with Crippen LogP contribution in [0, 0.1) is 17.8 Å². The van der Waals surface area contributed by atoms with Crippen LogP contribution in [-0.2, 0) is 0 Å². The summed E-state index contributed by atoms with van der Waals surface area (Å²) < 4.78 is 0. The highest BCUT2D eigenvalue weighted by molar-refractivity contribution is 4.98. The van der Waals surface area contributed by atoms with Crippen molar-refractivity contribution in [1.82, 2.24) is 0 Å². The smallest absolute Gasteiger partial charge is 0.0162 e. The Morgan fingerprint density at radius 1 is 0.714 bits per heavy atom. The zero-order valence-electron chi connectivity index (χ0n) is 9.17. The number of hydrogen-bond acceptors (Lipinski definition) is 1. The molecule has 1 heteroatoms. The summed E-state index contributed by atoms with van der Waals surface area (Å²) in [6, 6.07) is 0. The molecule has 3 saturated carbocycles. The molecule has 0 radical (unpaired) electrons. The molecule has 0 amide bonds. The van der Waals surface area contributed by atoms with E-state index in [2.05, 4.69) is 0 Å². The van der Waals surface area contributed by atoms with Gasteiger partial charge in [0.1, 0.15) is 0 Å². The molecule has 80 valence electrons. The lowest BCUT2D eigenvalue weighted by atomic mass is 9.83. The highest BCUT2D eigenvalue weighted by Crippen LogP contribution is 2.47. The molecule has 0 saturated heterocycles. The van der Waals surface area contributed by atoms with E-state index in [0.29, 0.717) is 0 Å². The minimum Gasteiger partial charge on any atom is -0.325 e. The Bertz CT molecular complexity index is 175. The van der Waals surface area contributed by atoms with E-state index in [-0.39, 0.29) is 5.54 Å². The van der Waals surface area contributed by atoms with Crippen LogP contribution in [0.4, 0.5) is 0 Å². The highest BCUT2D eigenvalue weighted by Gasteiger charge is 2.41. The molecule has 0 aromatic carbocycles. The molecule has 0 spiro atoms. The quantitative estimate of drug-likeness (QED) is 0.689. The topological polar surface area (TPSA) is 26.0 Å². The average Bonchev–Trinajstić information content (AvgIpc) is 2.90. The molecule has 1 nitrogen and oxygen atoms in total. The summed E-state index contributed by atoms with van der Waals surface area (Å²) in [4.78, 5) is 0. The van der Waals surface area contributed by atoms with Gasteiger partial charge in [-0.25, -0.2) is 0 Å². The van der Waals surface area contributed by atoms with Crippen LogP contribution in [0.2, 0.25) is 0 Å². The summed E-state index contributed by atoms with van der Waals surface area (Å²) in [5, 5.41) is 0. The Kier molecular flexibility index (Phi) is 2.12. The maximum atomic E-state index is 6.62. The van der Waals surface area contributed by atoms with Crippen molar-refractivity contribution in [2.45, 2.75) is 63.3 Å². The first kappa shape index (κ1) is 9.21. The Labute approximate surface area is 87.4 Å². The third kappa shape index (κ3) is 2.50. The van der Waals surface area contributed by atoms with Crippen LogP contribution in [0.15, 0.2) is 0 Å². The molecule has 0 bridgehead atoms. The number of rotatable bonds is 6. The molecule has 3 rings (SSSR count). The lowest BCUT2D eigenvalue weighted by Gasteiger charge is -2.30. The average molecular weight is 193 g/mol. The van der Waals surface area contributed by atoms with E-state index < -0.39 is 0 Å². The number of nitrogens with two attached hydrogens (primary N) is 1. The van der Waals surface area contributed by atoms with E-state index in [1.54, 1.807) is 0 Å². The van der Waals surface area contributed by atoms with E-state index >= 15 is 0 Å². The predicted octanol–water partition coefficient (Wildman–Crippen LogP) is 3.08. The van der Waals surface area contributed by atoms with Gasteiger partial charge in [0, 0.05) is 5.54 Å². The van der Waals surface area contributed by atoms with Crippen molar-refractivity contribution in [1.29, 1.82) is 0 Å². The monoisotopic (exact) mass is 193 g/mol. The van der Waals surface area contributed by atoms with Crippen LogP contribution in [0.5, 0.6) is 0 Å². The molecule has 3 fully saturated rings. The molecular weight excluding hydrogens is 170 g/mol. The van der Waals surface area contributed by atoms with Gasteiger partial charge >= 0.3 is 0 Å². The Balaban J connectivity index is 1.56. The van der Waals surface area contributed by atoms with Gasteiger partial charge in [-0.3, -0.25) is 0 Å². The van der Waals surface area contributed by atoms with Crippen molar-refractivity contribution in [3.63, 3.8) is 0 Å². The van der Waals surface area contributed by atoms with Crippen LogP contribution in [-0.4, -0.2) is 5.54 Å². The predicted molar refractivity (Wildman–Crippen MR) is 58.9 cm³/mol. The van der Waals surface area contributed by atoms with Gasteiger partial charge in [0.25, 0.3) is 0 Å². The Morgan fingerprint density at radius 3 is 1.21 bits per heavy atom. The summed E-state index contributed by atoms with van der Waals surface area (Å²) in [5.41, 5.74) is 6.87. The first-order valence-corrected chi connectivity index (χ1v) is 6.52. The lowest BCUT2D eigenvalue weighted by molar-refractivity contribution is 0.293. The van der Waals surface area contributed by atoms with E-state index in [9.17, 15) is 0 Å². The standard InChI is InChI=1S/C13H23N/c14-13(7-10-1-2-10,8-11-3-4-11)9-12-5-6-12/h10-12H,1-9,14H2.